The third-order valence-corrected chi connectivity index (χ3v) is 1.18. The quantitative estimate of drug-likeness (QED) is 0.333. The molecule has 0 aliphatic carbocycles. The summed E-state index contributed by atoms with van der Waals surface area (Å²) in [6.07, 6.45) is 0.223. The molecule has 6 heteroatoms. The minimum atomic E-state index is -1.13. The highest BCUT2D eigenvalue weighted by molar-refractivity contribution is 6.23. The summed E-state index contributed by atoms with van der Waals surface area (Å²) in [7, 11) is 0. The van der Waals surface area contributed by atoms with Crippen LogP contribution in [-0.2, 0) is 14.4 Å². The molecule has 0 spiro atoms. The largest absolute Gasteiger partial charge is 0.480 e. The summed E-state index contributed by atoms with van der Waals surface area (Å²) in [6, 6.07) is -1.00. The van der Waals surface area contributed by atoms with Crippen LogP contribution in [0.2, 0.25) is 0 Å². The molecule has 0 saturated carbocycles. The average Bonchev–Trinajstić information content (AvgIpc) is 2.03. The number of carboxylic acids is 1. The van der Waals surface area contributed by atoms with Crippen LogP contribution < -0.4 is 11.1 Å². The van der Waals surface area contributed by atoms with Gasteiger partial charge in [0, 0.05) is 6.54 Å². The molecule has 0 aromatic rings. The summed E-state index contributed by atoms with van der Waals surface area (Å²) in [6.45, 7) is 0.0883. The number of carbonyl (C=O) groups excluding carboxylic acids is 2. The molecule has 0 aliphatic rings. The van der Waals surface area contributed by atoms with Gasteiger partial charge in [-0.05, 0) is 6.42 Å². The second-order valence-corrected chi connectivity index (χ2v) is 2.14. The molecule has 0 bridgehead atoms. The van der Waals surface area contributed by atoms with E-state index >= 15 is 0 Å². The monoisotopic (exact) mass is 174 g/mol. The number of aldehydes is 1. The van der Waals surface area contributed by atoms with Gasteiger partial charge in [0.1, 0.15) is 6.04 Å². The second kappa shape index (κ2) is 5.25. The van der Waals surface area contributed by atoms with Gasteiger partial charge in [0.25, 0.3) is 5.91 Å². The maximum Gasteiger partial charge on any atom is 0.320 e. The fourth-order valence-electron chi connectivity index (χ4n) is 0.516. The van der Waals surface area contributed by atoms with E-state index in [4.69, 9.17) is 10.8 Å². The summed E-state index contributed by atoms with van der Waals surface area (Å²) < 4.78 is 0. The molecule has 0 aliphatic heterocycles. The van der Waals surface area contributed by atoms with E-state index in [-0.39, 0.29) is 19.3 Å². The highest BCUT2D eigenvalue weighted by Crippen LogP contribution is 1.84. The molecule has 12 heavy (non-hydrogen) atoms. The third-order valence-electron chi connectivity index (χ3n) is 1.18. The van der Waals surface area contributed by atoms with Crippen LogP contribution in [0.4, 0.5) is 0 Å². The van der Waals surface area contributed by atoms with Gasteiger partial charge in [0.05, 0.1) is 0 Å². The van der Waals surface area contributed by atoms with Gasteiger partial charge in [0.15, 0.2) is 0 Å². The van der Waals surface area contributed by atoms with E-state index in [9.17, 15) is 14.4 Å². The topological polar surface area (TPSA) is 109 Å². The maximum atomic E-state index is 10.3. The highest BCUT2D eigenvalue weighted by atomic mass is 16.4. The van der Waals surface area contributed by atoms with Gasteiger partial charge in [-0.3, -0.25) is 14.4 Å². The van der Waals surface area contributed by atoms with Crippen LogP contribution in [-0.4, -0.2) is 35.9 Å². The van der Waals surface area contributed by atoms with E-state index in [1.165, 1.54) is 0 Å². The summed E-state index contributed by atoms with van der Waals surface area (Å²) in [5, 5.41) is 10.5. The molecule has 0 saturated heterocycles. The third kappa shape index (κ3) is 4.40. The van der Waals surface area contributed by atoms with Crippen molar-refractivity contribution in [3.8, 4) is 0 Å². The van der Waals surface area contributed by atoms with Gasteiger partial charge in [0.2, 0.25) is 6.29 Å². The summed E-state index contributed by atoms with van der Waals surface area (Å²) in [5.41, 5.74) is 5.10. The van der Waals surface area contributed by atoms with Crippen LogP contribution in [0.15, 0.2) is 0 Å². The first kappa shape index (κ1) is 10.6. The predicted octanol–water partition coefficient (Wildman–Crippen LogP) is -1.90. The maximum absolute atomic E-state index is 10.3. The zero-order valence-corrected chi connectivity index (χ0v) is 6.32. The number of aliphatic carboxylic acids is 1. The minimum absolute atomic E-state index is 0.0883. The molecule has 0 rings (SSSR count). The first-order chi connectivity index (χ1) is 5.57. The molecule has 0 aromatic heterocycles. The van der Waals surface area contributed by atoms with E-state index in [0.717, 1.165) is 0 Å². The number of carbonyl (C=O) groups is 3. The van der Waals surface area contributed by atoms with Crippen LogP contribution in [0.5, 0.6) is 0 Å². The highest BCUT2D eigenvalue weighted by Gasteiger charge is 2.10. The molecule has 1 atom stereocenters. The van der Waals surface area contributed by atoms with Crippen LogP contribution >= 0.6 is 0 Å². The van der Waals surface area contributed by atoms with Crippen molar-refractivity contribution < 1.29 is 19.5 Å². The first-order valence-electron chi connectivity index (χ1n) is 3.29. The second-order valence-electron chi connectivity index (χ2n) is 2.14. The van der Waals surface area contributed by atoms with Crippen molar-refractivity contribution in [2.75, 3.05) is 6.54 Å². The van der Waals surface area contributed by atoms with E-state index in [0.29, 0.717) is 0 Å². The minimum Gasteiger partial charge on any atom is -0.480 e. The smallest absolute Gasteiger partial charge is 0.320 e. The van der Waals surface area contributed by atoms with Gasteiger partial charge in [-0.1, -0.05) is 0 Å². The summed E-state index contributed by atoms with van der Waals surface area (Å²) in [4.78, 5) is 30.2. The lowest BCUT2D eigenvalue weighted by Crippen LogP contribution is -2.35. The Labute approximate surface area is 68.7 Å². The van der Waals surface area contributed by atoms with Crippen molar-refractivity contribution in [2.45, 2.75) is 12.5 Å². The fourth-order valence-corrected chi connectivity index (χ4v) is 0.516. The van der Waals surface area contributed by atoms with Crippen LogP contribution in [0.3, 0.4) is 0 Å². The number of rotatable bonds is 5. The molecular weight excluding hydrogens is 164 g/mol. The van der Waals surface area contributed by atoms with Gasteiger partial charge in [-0.2, -0.15) is 0 Å². The molecule has 0 heterocycles. The van der Waals surface area contributed by atoms with Crippen molar-refractivity contribution in [3.63, 3.8) is 0 Å². The standard InChI is InChI=1S/C6H10N2O4/c7-4(6(11)12)1-2-8-5(10)3-9/h3-4H,1-2,7H2,(H,8,10)(H,11,12)/t4-/m0/s1. The van der Waals surface area contributed by atoms with Crippen LogP contribution in [0.1, 0.15) is 6.42 Å². The molecule has 0 fully saturated rings. The fraction of sp³-hybridized carbons (Fsp3) is 0.500. The number of hydrogen-bond donors (Lipinski definition) is 3. The van der Waals surface area contributed by atoms with Crippen molar-refractivity contribution in [1.82, 2.24) is 5.32 Å². The van der Waals surface area contributed by atoms with Crippen molar-refractivity contribution in [2.24, 2.45) is 5.73 Å². The summed E-state index contributed by atoms with van der Waals surface area (Å²) in [5.74, 6) is -1.90. The van der Waals surface area contributed by atoms with Crippen LogP contribution in [0, 0.1) is 0 Å². The number of hydrogen-bond acceptors (Lipinski definition) is 4. The Kier molecular flexibility index (Phi) is 4.62. The van der Waals surface area contributed by atoms with Gasteiger partial charge >= 0.3 is 5.97 Å². The average molecular weight is 174 g/mol. The van der Waals surface area contributed by atoms with Crippen molar-refractivity contribution >= 4 is 18.2 Å². The van der Waals surface area contributed by atoms with Gasteiger partial charge in [-0.25, -0.2) is 0 Å². The zero-order chi connectivity index (χ0) is 9.56. The van der Waals surface area contributed by atoms with E-state index in [1.54, 1.807) is 0 Å². The first-order valence-corrected chi connectivity index (χ1v) is 3.29. The van der Waals surface area contributed by atoms with E-state index in [1.807, 2.05) is 0 Å². The SMILES string of the molecule is N[C@@H](CCNC(=O)C=O)C(=O)O. The Hall–Kier alpha value is -1.43. The number of carboxylic acid groups (broad SMARTS) is 1. The van der Waals surface area contributed by atoms with Crippen molar-refractivity contribution in [1.29, 1.82) is 0 Å². The number of nitrogens with one attached hydrogen (secondary N) is 1. The molecule has 6 nitrogen and oxygen atoms in total. The molecule has 0 aromatic carbocycles. The van der Waals surface area contributed by atoms with E-state index < -0.39 is 17.9 Å². The van der Waals surface area contributed by atoms with Gasteiger partial charge < -0.3 is 16.2 Å². The number of nitrogens with two attached hydrogens (primary N) is 1. The molecule has 4 N–H and O–H groups in total. The molecular formula is C6H10N2O4. The lowest BCUT2D eigenvalue weighted by Gasteiger charge is -2.04. The Morgan fingerprint density at radius 1 is 1.58 bits per heavy atom. The Morgan fingerprint density at radius 2 is 2.17 bits per heavy atom. The molecule has 68 valence electrons. The molecule has 1 amide bonds. The lowest BCUT2D eigenvalue weighted by atomic mass is 10.2. The summed E-state index contributed by atoms with van der Waals surface area (Å²) >= 11 is 0. The Bertz CT molecular complexity index is 192. The normalized spacial score (nSPS) is 11.8. The lowest BCUT2D eigenvalue weighted by molar-refractivity contribution is -0.138. The predicted molar refractivity (Wildman–Crippen MR) is 39.3 cm³/mol. The van der Waals surface area contributed by atoms with Gasteiger partial charge in [-0.15, -0.1) is 0 Å². The van der Waals surface area contributed by atoms with Crippen molar-refractivity contribution in [3.05, 3.63) is 0 Å². The van der Waals surface area contributed by atoms with E-state index in [2.05, 4.69) is 5.32 Å². The molecule has 0 radical (unpaired) electrons. The molecule has 0 unspecified atom stereocenters. The zero-order valence-electron chi connectivity index (χ0n) is 6.32. The Morgan fingerprint density at radius 3 is 2.58 bits per heavy atom. The number of amides is 1. The Balaban J connectivity index is 3.49. The van der Waals surface area contributed by atoms with Crippen LogP contribution in [0.25, 0.3) is 0 Å².